The predicted molar refractivity (Wildman–Crippen MR) is 106 cm³/mol. The highest BCUT2D eigenvalue weighted by Crippen LogP contribution is 2.35. The van der Waals surface area contributed by atoms with E-state index in [9.17, 15) is 4.39 Å². The van der Waals surface area contributed by atoms with Gasteiger partial charge in [0.1, 0.15) is 10.8 Å². The lowest BCUT2D eigenvalue weighted by molar-refractivity contribution is 0.0544. The van der Waals surface area contributed by atoms with Crippen molar-refractivity contribution < 1.29 is 9.13 Å². The van der Waals surface area contributed by atoms with Crippen LogP contribution in [0.15, 0.2) is 54.6 Å². The maximum atomic E-state index is 13.0. The van der Waals surface area contributed by atoms with Gasteiger partial charge in [-0.1, -0.05) is 53.8 Å². The summed E-state index contributed by atoms with van der Waals surface area (Å²) in [4.78, 5) is 0. The minimum Gasteiger partial charge on any atom is -0.381 e. The highest BCUT2D eigenvalue weighted by molar-refractivity contribution is 7.15. The van der Waals surface area contributed by atoms with E-state index in [-0.39, 0.29) is 11.2 Å². The highest BCUT2D eigenvalue weighted by atomic mass is 32.1. The number of anilines is 1. The van der Waals surface area contributed by atoms with Crippen LogP contribution in [-0.2, 0) is 16.6 Å². The van der Waals surface area contributed by atoms with Crippen LogP contribution in [-0.4, -0.2) is 30.0 Å². The summed E-state index contributed by atoms with van der Waals surface area (Å²) in [7, 11) is 0. The van der Waals surface area contributed by atoms with E-state index in [1.165, 1.54) is 17.7 Å². The first kappa shape index (κ1) is 18.1. The van der Waals surface area contributed by atoms with E-state index >= 15 is 0 Å². The molecule has 2 heterocycles. The second kappa shape index (κ2) is 8.15. The number of aromatic nitrogens is 2. The van der Waals surface area contributed by atoms with Gasteiger partial charge in [0, 0.05) is 31.6 Å². The van der Waals surface area contributed by atoms with Crippen LogP contribution in [0.25, 0.3) is 0 Å². The van der Waals surface area contributed by atoms with Gasteiger partial charge >= 0.3 is 0 Å². The number of nitrogens with zero attached hydrogens (tertiary/aromatic N) is 2. The fraction of sp³-hybridized carbons (Fsp3) is 0.333. The van der Waals surface area contributed by atoms with Crippen molar-refractivity contribution in [2.24, 2.45) is 0 Å². The third kappa shape index (κ3) is 4.34. The normalized spacial score (nSPS) is 16.2. The Balaban J connectivity index is 1.44. The molecule has 1 fully saturated rings. The molecule has 1 aliphatic rings. The Labute approximate surface area is 162 Å². The Kier molecular flexibility index (Phi) is 5.45. The van der Waals surface area contributed by atoms with E-state index in [2.05, 4.69) is 45.8 Å². The van der Waals surface area contributed by atoms with Crippen LogP contribution >= 0.6 is 11.3 Å². The maximum absolute atomic E-state index is 13.0. The zero-order valence-electron chi connectivity index (χ0n) is 15.0. The van der Waals surface area contributed by atoms with Crippen LogP contribution in [0.4, 0.5) is 9.52 Å². The van der Waals surface area contributed by atoms with Crippen molar-refractivity contribution in [3.63, 3.8) is 0 Å². The standard InChI is InChI=1S/C21H22FN3OS/c22-18-8-6-16(7-9-18)14-19-24-25-20(27-19)23-15-21(10-12-26-13-11-21)17-4-2-1-3-5-17/h1-9H,10-15H2,(H,23,25). The number of hydrogen-bond donors (Lipinski definition) is 1. The molecule has 0 atom stereocenters. The van der Waals surface area contributed by atoms with Gasteiger partial charge in [0.25, 0.3) is 0 Å². The van der Waals surface area contributed by atoms with Crippen LogP contribution in [0.1, 0.15) is 29.0 Å². The fourth-order valence-electron chi connectivity index (χ4n) is 3.54. The van der Waals surface area contributed by atoms with Crippen LogP contribution < -0.4 is 5.32 Å². The summed E-state index contributed by atoms with van der Waals surface area (Å²) < 4.78 is 18.6. The van der Waals surface area contributed by atoms with Crippen LogP contribution in [0.3, 0.4) is 0 Å². The lowest BCUT2D eigenvalue weighted by atomic mass is 9.74. The topological polar surface area (TPSA) is 47.0 Å². The van der Waals surface area contributed by atoms with Gasteiger partial charge in [-0.3, -0.25) is 0 Å². The number of rotatable bonds is 6. The molecule has 2 aromatic carbocycles. The zero-order chi connectivity index (χ0) is 18.5. The first-order chi connectivity index (χ1) is 13.2. The minimum atomic E-state index is -0.221. The summed E-state index contributed by atoms with van der Waals surface area (Å²) in [5.41, 5.74) is 2.43. The molecule has 1 N–H and O–H groups in total. The van der Waals surface area contributed by atoms with Crippen molar-refractivity contribution in [2.75, 3.05) is 25.1 Å². The molecule has 140 valence electrons. The van der Waals surface area contributed by atoms with Crippen LogP contribution in [0.5, 0.6) is 0 Å². The third-order valence-corrected chi connectivity index (χ3v) is 6.03. The number of benzene rings is 2. The molecule has 0 bridgehead atoms. The summed E-state index contributed by atoms with van der Waals surface area (Å²) >= 11 is 1.56. The van der Waals surface area contributed by atoms with E-state index < -0.39 is 0 Å². The van der Waals surface area contributed by atoms with Crippen LogP contribution in [0.2, 0.25) is 0 Å². The van der Waals surface area contributed by atoms with E-state index in [4.69, 9.17) is 4.74 Å². The van der Waals surface area contributed by atoms with E-state index in [0.717, 1.165) is 48.3 Å². The lowest BCUT2D eigenvalue weighted by Crippen LogP contribution is -2.40. The van der Waals surface area contributed by atoms with Crippen molar-refractivity contribution in [1.29, 1.82) is 0 Å². The molecular weight excluding hydrogens is 361 g/mol. The molecule has 0 unspecified atom stereocenters. The summed E-state index contributed by atoms with van der Waals surface area (Å²) in [6, 6.07) is 17.2. The van der Waals surface area contributed by atoms with Gasteiger partial charge in [-0.25, -0.2) is 4.39 Å². The van der Waals surface area contributed by atoms with Gasteiger partial charge in [0.15, 0.2) is 0 Å². The Morgan fingerprint density at radius 2 is 1.74 bits per heavy atom. The molecule has 1 aliphatic heterocycles. The van der Waals surface area contributed by atoms with Gasteiger partial charge < -0.3 is 10.1 Å². The second-order valence-electron chi connectivity index (χ2n) is 6.92. The molecule has 0 aliphatic carbocycles. The van der Waals surface area contributed by atoms with Crippen molar-refractivity contribution in [2.45, 2.75) is 24.7 Å². The quantitative estimate of drug-likeness (QED) is 0.684. The number of hydrogen-bond acceptors (Lipinski definition) is 5. The van der Waals surface area contributed by atoms with Crippen molar-refractivity contribution >= 4 is 16.5 Å². The van der Waals surface area contributed by atoms with Gasteiger partial charge in [-0.2, -0.15) is 0 Å². The molecule has 1 saturated heterocycles. The van der Waals surface area contributed by atoms with Gasteiger partial charge in [0.05, 0.1) is 0 Å². The Morgan fingerprint density at radius 3 is 2.48 bits per heavy atom. The molecular formula is C21H22FN3OS. The largest absolute Gasteiger partial charge is 0.381 e. The van der Waals surface area contributed by atoms with Crippen molar-refractivity contribution in [3.8, 4) is 0 Å². The van der Waals surface area contributed by atoms with Crippen molar-refractivity contribution in [1.82, 2.24) is 10.2 Å². The molecule has 0 amide bonds. The summed E-state index contributed by atoms with van der Waals surface area (Å²) in [5.74, 6) is -0.221. The summed E-state index contributed by atoms with van der Waals surface area (Å²) in [6.07, 6.45) is 2.65. The fourth-order valence-corrected chi connectivity index (χ4v) is 4.31. The van der Waals surface area contributed by atoms with E-state index in [1.807, 2.05) is 0 Å². The summed E-state index contributed by atoms with van der Waals surface area (Å²) in [6.45, 7) is 2.37. The van der Waals surface area contributed by atoms with E-state index in [0.29, 0.717) is 6.42 Å². The third-order valence-electron chi connectivity index (χ3n) is 5.15. The van der Waals surface area contributed by atoms with Gasteiger partial charge in [-0.05, 0) is 36.1 Å². The Bertz CT molecular complexity index is 861. The summed E-state index contributed by atoms with van der Waals surface area (Å²) in [5, 5.41) is 13.8. The lowest BCUT2D eigenvalue weighted by Gasteiger charge is -2.37. The smallest absolute Gasteiger partial charge is 0.205 e. The molecule has 0 saturated carbocycles. The van der Waals surface area contributed by atoms with Crippen molar-refractivity contribution in [3.05, 3.63) is 76.5 Å². The number of halogens is 1. The Morgan fingerprint density at radius 1 is 1.00 bits per heavy atom. The number of nitrogens with one attached hydrogen (secondary N) is 1. The molecule has 0 radical (unpaired) electrons. The minimum absolute atomic E-state index is 0.0578. The Hall–Kier alpha value is -2.31. The molecule has 4 rings (SSSR count). The molecule has 6 heteroatoms. The molecule has 3 aromatic rings. The molecule has 0 spiro atoms. The van der Waals surface area contributed by atoms with Crippen LogP contribution in [0, 0.1) is 5.82 Å². The molecule has 1 aromatic heterocycles. The van der Waals surface area contributed by atoms with Gasteiger partial charge in [0.2, 0.25) is 5.13 Å². The first-order valence-electron chi connectivity index (χ1n) is 9.18. The SMILES string of the molecule is Fc1ccc(Cc2nnc(NCC3(c4ccccc4)CCOCC3)s2)cc1. The number of ether oxygens (including phenoxy) is 1. The average molecular weight is 383 g/mol. The second-order valence-corrected chi connectivity index (χ2v) is 7.98. The predicted octanol–water partition coefficient (Wildman–Crippen LogP) is 4.43. The van der Waals surface area contributed by atoms with Gasteiger partial charge in [-0.15, -0.1) is 10.2 Å². The monoisotopic (exact) mass is 383 g/mol. The maximum Gasteiger partial charge on any atom is 0.205 e. The highest BCUT2D eigenvalue weighted by Gasteiger charge is 2.34. The average Bonchev–Trinajstić information content (AvgIpc) is 3.17. The molecule has 4 nitrogen and oxygen atoms in total. The molecule has 27 heavy (non-hydrogen) atoms. The zero-order valence-corrected chi connectivity index (χ0v) is 15.8. The van der Waals surface area contributed by atoms with E-state index in [1.54, 1.807) is 23.5 Å². The first-order valence-corrected chi connectivity index (χ1v) is 9.99.